The van der Waals surface area contributed by atoms with Gasteiger partial charge in [-0.15, -0.1) is 0 Å². The van der Waals surface area contributed by atoms with Gasteiger partial charge in [-0.2, -0.15) is 0 Å². The summed E-state index contributed by atoms with van der Waals surface area (Å²) in [5, 5.41) is 0. The van der Waals surface area contributed by atoms with E-state index in [0.717, 1.165) is 23.5 Å². The lowest BCUT2D eigenvalue weighted by Gasteiger charge is -2.49. The van der Waals surface area contributed by atoms with E-state index in [2.05, 4.69) is 64.4 Å². The van der Waals surface area contributed by atoms with Crippen molar-refractivity contribution >= 4 is 16.6 Å². The molecule has 0 heterocycles. The Bertz CT molecular complexity index is 733. The van der Waals surface area contributed by atoms with Crippen molar-refractivity contribution in [3.8, 4) is 5.75 Å². The van der Waals surface area contributed by atoms with Gasteiger partial charge in [0.1, 0.15) is 5.75 Å². The fourth-order valence-electron chi connectivity index (χ4n) is 6.56. The molecule has 2 saturated carbocycles. The largest absolute Gasteiger partial charge is 0.544 e. The van der Waals surface area contributed by atoms with Gasteiger partial charge in [0.2, 0.25) is 8.32 Å². The van der Waals surface area contributed by atoms with Crippen LogP contribution in [0.2, 0.25) is 39.3 Å². The predicted octanol–water partition coefficient (Wildman–Crippen LogP) is 6.98. The van der Waals surface area contributed by atoms with E-state index in [-0.39, 0.29) is 0 Å². The fourth-order valence-corrected chi connectivity index (χ4v) is 8.57. The molecule has 156 valence electrons. The molecule has 0 unspecified atom stereocenters. The van der Waals surface area contributed by atoms with Crippen LogP contribution in [0.4, 0.5) is 0 Å². The summed E-state index contributed by atoms with van der Waals surface area (Å²) in [5.74, 6) is 3.55. The van der Waals surface area contributed by atoms with Gasteiger partial charge in [0.15, 0.2) is 8.32 Å². The van der Waals surface area contributed by atoms with Gasteiger partial charge in [0.05, 0.1) is 0 Å². The quantitative estimate of drug-likeness (QED) is 0.493. The van der Waals surface area contributed by atoms with Gasteiger partial charge >= 0.3 is 0 Å². The average molecular weight is 417 g/mol. The van der Waals surface area contributed by atoms with E-state index in [1.54, 1.807) is 11.1 Å². The zero-order valence-corrected chi connectivity index (χ0v) is 21.1. The summed E-state index contributed by atoms with van der Waals surface area (Å²) < 4.78 is 12.9. The molecule has 0 saturated heterocycles. The minimum absolute atomic E-state index is 0.504. The van der Waals surface area contributed by atoms with Crippen molar-refractivity contribution in [1.82, 2.24) is 0 Å². The van der Waals surface area contributed by atoms with E-state index in [1.807, 2.05) is 0 Å². The van der Waals surface area contributed by atoms with Gasteiger partial charge in [0, 0.05) is 6.10 Å². The van der Waals surface area contributed by atoms with Gasteiger partial charge in [-0.05, 0) is 124 Å². The monoisotopic (exact) mass is 416 g/mol. The topological polar surface area (TPSA) is 18.5 Å². The van der Waals surface area contributed by atoms with E-state index in [9.17, 15) is 0 Å². The molecule has 2 fully saturated rings. The van der Waals surface area contributed by atoms with Crippen LogP contribution in [-0.4, -0.2) is 22.7 Å². The summed E-state index contributed by atoms with van der Waals surface area (Å²) in [4.78, 5) is 0. The van der Waals surface area contributed by atoms with Crippen molar-refractivity contribution in [2.24, 2.45) is 17.3 Å². The first kappa shape index (κ1) is 20.7. The maximum absolute atomic E-state index is 6.59. The van der Waals surface area contributed by atoms with Crippen LogP contribution in [0.3, 0.4) is 0 Å². The zero-order chi connectivity index (χ0) is 20.3. The first-order chi connectivity index (χ1) is 12.9. The molecule has 0 spiro atoms. The zero-order valence-electron chi connectivity index (χ0n) is 19.1. The normalized spacial score (nSPS) is 35.1. The van der Waals surface area contributed by atoms with Crippen LogP contribution in [0, 0.1) is 17.3 Å². The Balaban J connectivity index is 1.54. The molecule has 0 aromatic heterocycles. The highest BCUT2D eigenvalue weighted by molar-refractivity contribution is 6.70. The molecule has 3 aliphatic rings. The fraction of sp³-hybridized carbons (Fsp3) is 0.750. The van der Waals surface area contributed by atoms with Gasteiger partial charge in [0.25, 0.3) is 0 Å². The molecule has 0 aliphatic heterocycles. The molecule has 1 aromatic rings. The van der Waals surface area contributed by atoms with Crippen molar-refractivity contribution in [1.29, 1.82) is 0 Å². The Morgan fingerprint density at radius 3 is 2.43 bits per heavy atom. The third-order valence-corrected chi connectivity index (χ3v) is 9.26. The summed E-state index contributed by atoms with van der Waals surface area (Å²) >= 11 is 0. The SMILES string of the molecule is C[C@]12CC[C@@H]3c4ccc(O[Si](C)(C)C)cc4CC[C@H]3[C@@H]1C[C@H](O[Si](C)(C)C)C2. The molecular weight excluding hydrogens is 376 g/mol. The minimum Gasteiger partial charge on any atom is -0.544 e. The number of hydrogen-bond donors (Lipinski definition) is 0. The van der Waals surface area contributed by atoms with Crippen molar-refractivity contribution in [2.45, 2.75) is 96.8 Å². The molecule has 28 heavy (non-hydrogen) atoms. The molecule has 0 amide bonds. The number of rotatable bonds is 4. The first-order valence-corrected chi connectivity index (χ1v) is 18.2. The Hall–Kier alpha value is -0.586. The Labute approximate surface area is 174 Å². The minimum atomic E-state index is -1.54. The summed E-state index contributed by atoms with van der Waals surface area (Å²) in [6, 6.07) is 7.03. The van der Waals surface area contributed by atoms with Crippen LogP contribution in [0.15, 0.2) is 18.2 Å². The van der Waals surface area contributed by atoms with E-state index >= 15 is 0 Å². The highest BCUT2D eigenvalue weighted by atomic mass is 28.4. The molecule has 4 heteroatoms. The lowest BCUT2D eigenvalue weighted by atomic mass is 9.56. The van der Waals surface area contributed by atoms with E-state index in [4.69, 9.17) is 8.85 Å². The molecule has 3 aliphatic carbocycles. The second-order valence-electron chi connectivity index (χ2n) is 12.0. The summed E-state index contributed by atoms with van der Waals surface area (Å²) in [5.41, 5.74) is 3.70. The smallest absolute Gasteiger partial charge is 0.242 e. The van der Waals surface area contributed by atoms with E-state index < -0.39 is 16.6 Å². The van der Waals surface area contributed by atoms with Crippen molar-refractivity contribution in [3.63, 3.8) is 0 Å². The Morgan fingerprint density at radius 1 is 1.00 bits per heavy atom. The van der Waals surface area contributed by atoms with Gasteiger partial charge in [-0.25, -0.2) is 0 Å². The summed E-state index contributed by atoms with van der Waals surface area (Å²) in [6.07, 6.45) is 8.42. The first-order valence-electron chi connectivity index (χ1n) is 11.4. The van der Waals surface area contributed by atoms with Crippen LogP contribution in [-0.2, 0) is 10.8 Å². The maximum atomic E-state index is 6.59. The van der Waals surface area contributed by atoms with Crippen molar-refractivity contribution in [3.05, 3.63) is 29.3 Å². The Kier molecular flexibility index (Phi) is 5.16. The molecule has 0 bridgehead atoms. The predicted molar refractivity (Wildman–Crippen MR) is 123 cm³/mol. The van der Waals surface area contributed by atoms with Gasteiger partial charge in [-0.1, -0.05) is 13.0 Å². The molecule has 2 nitrogen and oxygen atoms in total. The highest BCUT2D eigenvalue weighted by Gasteiger charge is 2.53. The molecule has 0 N–H and O–H groups in total. The van der Waals surface area contributed by atoms with E-state index in [1.165, 1.54) is 38.5 Å². The number of hydrogen-bond acceptors (Lipinski definition) is 2. The number of fused-ring (bicyclic) bond motifs is 5. The van der Waals surface area contributed by atoms with Gasteiger partial charge < -0.3 is 8.85 Å². The molecule has 1 aromatic carbocycles. The lowest BCUT2D eigenvalue weighted by Crippen LogP contribution is -2.39. The lowest BCUT2D eigenvalue weighted by molar-refractivity contribution is 0.0596. The second-order valence-corrected chi connectivity index (χ2v) is 20.9. The van der Waals surface area contributed by atoms with Crippen LogP contribution in [0.5, 0.6) is 5.75 Å². The van der Waals surface area contributed by atoms with E-state index in [0.29, 0.717) is 11.5 Å². The summed E-state index contributed by atoms with van der Waals surface area (Å²) in [6.45, 7) is 16.4. The Morgan fingerprint density at radius 2 is 1.75 bits per heavy atom. The average Bonchev–Trinajstić information content (AvgIpc) is 2.86. The van der Waals surface area contributed by atoms with Crippen molar-refractivity contribution < 1.29 is 8.85 Å². The van der Waals surface area contributed by atoms with Crippen LogP contribution >= 0.6 is 0 Å². The second kappa shape index (κ2) is 6.99. The third kappa shape index (κ3) is 4.15. The highest BCUT2D eigenvalue weighted by Crippen LogP contribution is 2.61. The molecular formula is C24H40O2Si2. The van der Waals surface area contributed by atoms with Crippen LogP contribution in [0.1, 0.15) is 56.1 Å². The van der Waals surface area contributed by atoms with Crippen LogP contribution in [0.25, 0.3) is 0 Å². The van der Waals surface area contributed by atoms with Crippen molar-refractivity contribution in [2.75, 3.05) is 0 Å². The molecule has 5 atom stereocenters. The molecule has 0 radical (unpaired) electrons. The maximum Gasteiger partial charge on any atom is 0.242 e. The number of benzene rings is 1. The third-order valence-electron chi connectivity index (χ3n) is 7.37. The van der Waals surface area contributed by atoms with Crippen LogP contribution < -0.4 is 4.43 Å². The molecule has 4 rings (SSSR count). The standard InChI is InChI=1S/C24H40O2Si2/c1-24-13-12-21-20-11-9-18(25-27(2,3)4)14-17(20)8-10-22(21)23(24)15-19(16-24)26-28(5,6)7/h9,11,14,19,21-23H,8,10,12-13,15-16H2,1-7H3/t19-,21+,22+,23-,24+/m0/s1. The summed E-state index contributed by atoms with van der Waals surface area (Å²) in [7, 11) is -3.00. The van der Waals surface area contributed by atoms with Gasteiger partial charge in [-0.3, -0.25) is 0 Å². The number of aryl methyl sites for hydroxylation is 1.